The smallest absolute Gasteiger partial charge is 0.387 e. The zero-order chi connectivity index (χ0) is 31.3. The number of hydrogen-bond acceptors (Lipinski definition) is 8. The second-order valence-electron chi connectivity index (χ2n) is 11.2. The molecule has 2 aliphatic rings. The van der Waals surface area contributed by atoms with Crippen LogP contribution in [0.3, 0.4) is 0 Å². The van der Waals surface area contributed by atoms with Crippen molar-refractivity contribution in [3.63, 3.8) is 0 Å². The van der Waals surface area contributed by atoms with E-state index in [1.807, 2.05) is 29.7 Å². The lowest BCUT2D eigenvalue weighted by molar-refractivity contribution is -0.160. The number of hydrogen-bond donors (Lipinski definition) is 1. The maximum Gasteiger partial charge on any atom is 0.387 e. The first kappa shape index (κ1) is 29.1. The Morgan fingerprint density at radius 2 is 1.84 bits per heavy atom. The molecular formula is C31H29F2N5O6. The number of aliphatic carboxylic acids is 1. The van der Waals surface area contributed by atoms with E-state index in [9.17, 15) is 23.2 Å². The fourth-order valence-corrected chi connectivity index (χ4v) is 6.10. The fourth-order valence-electron chi connectivity index (χ4n) is 6.10. The number of carboxylic acid groups (broad SMARTS) is 1. The van der Waals surface area contributed by atoms with Crippen LogP contribution in [0.15, 0.2) is 48.8 Å². The summed E-state index contributed by atoms with van der Waals surface area (Å²) in [6.45, 7) is 2.49. The van der Waals surface area contributed by atoms with Crippen LogP contribution in [0.4, 0.5) is 8.78 Å². The van der Waals surface area contributed by atoms with E-state index in [-0.39, 0.29) is 36.4 Å². The summed E-state index contributed by atoms with van der Waals surface area (Å²) in [4.78, 5) is 51.9. The van der Waals surface area contributed by atoms with Gasteiger partial charge >= 0.3 is 18.6 Å². The van der Waals surface area contributed by atoms with E-state index in [2.05, 4.69) is 9.97 Å². The first-order valence-electron chi connectivity index (χ1n) is 14.2. The molecule has 0 unspecified atom stereocenters. The number of carboxylic acids is 1. The van der Waals surface area contributed by atoms with Crippen LogP contribution in [0.25, 0.3) is 22.2 Å². The second-order valence-corrected chi connectivity index (χ2v) is 11.2. The third-order valence-corrected chi connectivity index (χ3v) is 8.03. The van der Waals surface area contributed by atoms with E-state index >= 15 is 0 Å². The standard InChI is InChI=1S/C31H29F2N5O6/c1-4-37-22-13-21(26-18(28(37)42)6-5-7-23(26)43-30(32)33)38-20-12-16(8-9-19(20)36-27(22)38)17-14-34-29(35-15-17)31(2,3)44-25(41)11-10-24(39)40/h5-9,12,14-15,21-22,30H,4,10-11,13H2,1-3H3,(H,39,40)/t21-,22-/m1/s1. The van der Waals surface area contributed by atoms with Gasteiger partial charge in [0.2, 0.25) is 0 Å². The molecule has 4 aromatic rings. The third kappa shape index (κ3) is 5.01. The van der Waals surface area contributed by atoms with Gasteiger partial charge in [-0.05, 0) is 50.6 Å². The second kappa shape index (κ2) is 11.0. The lowest BCUT2D eigenvalue weighted by Gasteiger charge is -2.27. The van der Waals surface area contributed by atoms with Gasteiger partial charge in [-0.3, -0.25) is 14.4 Å². The van der Waals surface area contributed by atoms with Crippen LogP contribution < -0.4 is 4.74 Å². The van der Waals surface area contributed by atoms with Gasteiger partial charge in [0.1, 0.15) is 11.6 Å². The summed E-state index contributed by atoms with van der Waals surface area (Å²) in [6.07, 6.45) is 3.07. The highest BCUT2D eigenvalue weighted by molar-refractivity contribution is 5.98. The number of aromatic nitrogens is 4. The number of nitrogens with zero attached hydrogens (tertiary/aromatic N) is 5. The van der Waals surface area contributed by atoms with E-state index in [0.29, 0.717) is 41.0 Å². The minimum atomic E-state index is -3.05. The predicted octanol–water partition coefficient (Wildman–Crippen LogP) is 5.25. The van der Waals surface area contributed by atoms with Crippen molar-refractivity contribution in [1.82, 2.24) is 24.4 Å². The first-order valence-corrected chi connectivity index (χ1v) is 14.2. The molecular weight excluding hydrogens is 576 g/mol. The molecule has 228 valence electrons. The average Bonchev–Trinajstić information content (AvgIpc) is 3.49. The Labute approximate surface area is 250 Å². The van der Waals surface area contributed by atoms with Crippen molar-refractivity contribution in [2.75, 3.05) is 6.54 Å². The van der Waals surface area contributed by atoms with Crippen LogP contribution >= 0.6 is 0 Å². The molecule has 13 heteroatoms. The summed E-state index contributed by atoms with van der Waals surface area (Å²) < 4.78 is 39.2. The van der Waals surface area contributed by atoms with Crippen molar-refractivity contribution in [3.8, 4) is 16.9 Å². The van der Waals surface area contributed by atoms with Crippen LogP contribution in [0.5, 0.6) is 5.75 Å². The third-order valence-electron chi connectivity index (χ3n) is 8.03. The highest BCUT2D eigenvalue weighted by Gasteiger charge is 2.45. The summed E-state index contributed by atoms with van der Waals surface area (Å²) in [5, 5.41) is 8.81. The summed E-state index contributed by atoms with van der Waals surface area (Å²) in [5.74, 6) is -1.13. The minimum absolute atomic E-state index is 0.0336. The van der Waals surface area contributed by atoms with Gasteiger partial charge < -0.3 is 24.0 Å². The topological polar surface area (TPSA) is 137 Å². The van der Waals surface area contributed by atoms with Gasteiger partial charge in [0.25, 0.3) is 5.91 Å². The Bertz CT molecular complexity index is 1790. The zero-order valence-corrected chi connectivity index (χ0v) is 24.2. The quantitative estimate of drug-likeness (QED) is 0.254. The number of imidazole rings is 1. The molecule has 1 N–H and O–H groups in total. The lowest BCUT2D eigenvalue weighted by Crippen LogP contribution is -2.34. The maximum absolute atomic E-state index is 13.6. The van der Waals surface area contributed by atoms with Crippen molar-refractivity contribution in [3.05, 3.63) is 71.6 Å². The summed E-state index contributed by atoms with van der Waals surface area (Å²) in [7, 11) is 0. The number of carbonyl (C=O) groups excluding carboxylic acids is 2. The highest BCUT2D eigenvalue weighted by atomic mass is 19.3. The number of amides is 1. The molecule has 2 aromatic carbocycles. The lowest BCUT2D eigenvalue weighted by atomic mass is 9.97. The molecule has 0 spiro atoms. The molecule has 6 rings (SSSR count). The molecule has 0 saturated heterocycles. The molecule has 4 heterocycles. The summed E-state index contributed by atoms with van der Waals surface area (Å²) in [6, 6.07) is 9.49. The number of esters is 1. The van der Waals surface area contributed by atoms with Crippen molar-refractivity contribution in [2.45, 2.75) is 64.3 Å². The van der Waals surface area contributed by atoms with Crippen molar-refractivity contribution in [2.24, 2.45) is 0 Å². The van der Waals surface area contributed by atoms with E-state index in [4.69, 9.17) is 19.6 Å². The monoisotopic (exact) mass is 605 g/mol. The Kier molecular flexibility index (Phi) is 7.26. The number of carbonyl (C=O) groups is 3. The molecule has 0 fully saturated rings. The zero-order valence-electron chi connectivity index (χ0n) is 24.2. The number of fused-ring (bicyclic) bond motifs is 9. The van der Waals surface area contributed by atoms with Crippen LogP contribution in [0.2, 0.25) is 0 Å². The maximum atomic E-state index is 13.6. The first-order chi connectivity index (χ1) is 21.0. The molecule has 0 radical (unpaired) electrons. The Hall–Kier alpha value is -4.94. The summed E-state index contributed by atoms with van der Waals surface area (Å²) >= 11 is 0. The number of alkyl halides is 2. The summed E-state index contributed by atoms with van der Waals surface area (Å²) in [5.41, 5.74) is 2.43. The van der Waals surface area contributed by atoms with Gasteiger partial charge in [-0.25, -0.2) is 15.0 Å². The molecule has 1 amide bonds. The minimum Gasteiger partial charge on any atom is -0.481 e. The number of benzene rings is 2. The van der Waals surface area contributed by atoms with Crippen molar-refractivity contribution in [1.29, 1.82) is 0 Å². The van der Waals surface area contributed by atoms with Gasteiger partial charge in [0, 0.05) is 42.0 Å². The van der Waals surface area contributed by atoms with Crippen LogP contribution in [0.1, 0.15) is 79.7 Å². The fraction of sp³-hybridized carbons (Fsp3) is 0.355. The number of halogens is 2. The Morgan fingerprint density at radius 1 is 1.09 bits per heavy atom. The van der Waals surface area contributed by atoms with E-state index in [0.717, 1.165) is 11.1 Å². The largest absolute Gasteiger partial charge is 0.481 e. The number of rotatable bonds is 9. The van der Waals surface area contributed by atoms with Crippen LogP contribution in [0, 0.1) is 0 Å². The Balaban J connectivity index is 1.38. The van der Waals surface area contributed by atoms with Gasteiger partial charge in [-0.1, -0.05) is 12.1 Å². The van der Waals surface area contributed by atoms with Crippen LogP contribution in [-0.2, 0) is 19.9 Å². The van der Waals surface area contributed by atoms with E-state index < -0.39 is 30.2 Å². The van der Waals surface area contributed by atoms with E-state index in [1.54, 1.807) is 43.3 Å². The molecule has 2 aliphatic heterocycles. The SMILES string of the molecule is CCN1C(=O)c2cccc(OC(F)F)c2[C@H]2C[C@@H]1c1nc3ccc(-c4cnc(C(C)(C)OC(=O)CCC(=O)O)nc4)cc3n12. The molecule has 2 atom stereocenters. The van der Waals surface area contributed by atoms with Crippen molar-refractivity contribution >= 4 is 28.9 Å². The van der Waals surface area contributed by atoms with Gasteiger partial charge in [0.05, 0.1) is 36.0 Å². The normalized spacial score (nSPS) is 17.4. The van der Waals surface area contributed by atoms with Crippen LogP contribution in [-0.4, -0.2) is 60.5 Å². The highest BCUT2D eigenvalue weighted by Crippen LogP contribution is 2.50. The molecule has 0 aliphatic carbocycles. The van der Waals surface area contributed by atoms with E-state index in [1.165, 1.54) is 6.07 Å². The molecule has 44 heavy (non-hydrogen) atoms. The van der Waals surface area contributed by atoms with Gasteiger partial charge in [0.15, 0.2) is 11.4 Å². The molecule has 11 nitrogen and oxygen atoms in total. The Morgan fingerprint density at radius 3 is 2.52 bits per heavy atom. The average molecular weight is 606 g/mol. The molecule has 2 bridgehead atoms. The molecule has 2 aromatic heterocycles. The van der Waals surface area contributed by atoms with Crippen molar-refractivity contribution < 1.29 is 37.7 Å². The number of ether oxygens (including phenoxy) is 2. The predicted molar refractivity (Wildman–Crippen MR) is 152 cm³/mol. The molecule has 0 saturated carbocycles. The van der Waals surface area contributed by atoms with Gasteiger partial charge in [-0.15, -0.1) is 0 Å². The van der Waals surface area contributed by atoms with Gasteiger partial charge in [-0.2, -0.15) is 8.78 Å².